The number of nitrogens with zero attached hydrogens (tertiary/aromatic N) is 1. The molecule has 1 aromatic rings. The summed E-state index contributed by atoms with van der Waals surface area (Å²) in [7, 11) is 0. The largest absolute Gasteiger partial charge is 0.459 e. The molecule has 0 fully saturated rings. The maximum absolute atomic E-state index is 11.8. The molecular formula is C15H27IN4O2S. The number of carbonyl (C=O) groups is 1. The van der Waals surface area contributed by atoms with Gasteiger partial charge in [-0.05, 0) is 32.6 Å². The van der Waals surface area contributed by atoms with Gasteiger partial charge in [-0.25, -0.2) is 0 Å². The first kappa shape index (κ1) is 22.1. The Morgan fingerprint density at radius 3 is 2.70 bits per heavy atom. The maximum Gasteiger partial charge on any atom is 0.287 e. The van der Waals surface area contributed by atoms with Crippen LogP contribution in [0.25, 0.3) is 0 Å². The number of aliphatic imine (C=N–C) groups is 1. The van der Waals surface area contributed by atoms with Crippen molar-refractivity contribution in [3.8, 4) is 0 Å². The summed E-state index contributed by atoms with van der Waals surface area (Å²) in [6.07, 6.45) is 4.39. The lowest BCUT2D eigenvalue weighted by atomic mass is 10.2. The van der Waals surface area contributed by atoms with Crippen molar-refractivity contribution in [1.82, 2.24) is 16.0 Å². The van der Waals surface area contributed by atoms with Gasteiger partial charge in [-0.1, -0.05) is 0 Å². The second kappa shape index (κ2) is 13.5. The molecule has 1 amide bonds. The SMILES string of the molecule is CCNC(=NCCCNC(=O)c1occc1C)NCCSC.I. The van der Waals surface area contributed by atoms with E-state index in [4.69, 9.17) is 4.42 Å². The molecule has 0 saturated carbocycles. The van der Waals surface area contributed by atoms with Crippen LogP contribution in [0.4, 0.5) is 0 Å². The molecule has 1 aromatic heterocycles. The molecule has 0 bridgehead atoms. The summed E-state index contributed by atoms with van der Waals surface area (Å²) in [6.45, 7) is 6.85. The zero-order valence-corrected chi connectivity index (χ0v) is 17.1. The Labute approximate surface area is 159 Å². The molecular weight excluding hydrogens is 427 g/mol. The lowest BCUT2D eigenvalue weighted by molar-refractivity contribution is 0.0925. The van der Waals surface area contributed by atoms with Gasteiger partial charge in [0.1, 0.15) is 0 Å². The molecule has 132 valence electrons. The Balaban J connectivity index is 0.00000484. The van der Waals surface area contributed by atoms with E-state index in [-0.39, 0.29) is 29.9 Å². The van der Waals surface area contributed by atoms with E-state index < -0.39 is 0 Å². The third-order valence-electron chi connectivity index (χ3n) is 2.90. The summed E-state index contributed by atoms with van der Waals surface area (Å²) >= 11 is 1.79. The molecule has 0 saturated heterocycles. The molecule has 0 aliphatic carbocycles. The second-order valence-electron chi connectivity index (χ2n) is 4.72. The average Bonchev–Trinajstić information content (AvgIpc) is 2.93. The topological polar surface area (TPSA) is 78.7 Å². The van der Waals surface area contributed by atoms with Gasteiger partial charge in [0, 0.05) is 37.5 Å². The van der Waals surface area contributed by atoms with E-state index in [0.29, 0.717) is 18.8 Å². The number of thioether (sulfide) groups is 1. The Morgan fingerprint density at radius 1 is 1.30 bits per heavy atom. The standard InChI is InChI=1S/C15H26N4O2S.HI/c1-4-16-15(19-9-11-22-3)18-8-5-7-17-14(20)13-12(2)6-10-21-13;/h6,10H,4-5,7-9,11H2,1-3H3,(H,17,20)(H2,16,18,19);1H. The molecule has 0 radical (unpaired) electrons. The third-order valence-corrected chi connectivity index (χ3v) is 3.51. The highest BCUT2D eigenvalue weighted by atomic mass is 127. The highest BCUT2D eigenvalue weighted by molar-refractivity contribution is 14.0. The molecule has 1 heterocycles. The summed E-state index contributed by atoms with van der Waals surface area (Å²) in [5.41, 5.74) is 0.850. The van der Waals surface area contributed by atoms with Crippen molar-refractivity contribution in [1.29, 1.82) is 0 Å². The molecule has 0 unspecified atom stereocenters. The van der Waals surface area contributed by atoms with Crippen molar-refractivity contribution in [2.24, 2.45) is 4.99 Å². The van der Waals surface area contributed by atoms with Crippen molar-refractivity contribution in [3.05, 3.63) is 23.7 Å². The van der Waals surface area contributed by atoms with Crippen LogP contribution in [0.5, 0.6) is 0 Å². The van der Waals surface area contributed by atoms with Crippen LogP contribution in [0.15, 0.2) is 21.7 Å². The zero-order chi connectivity index (χ0) is 16.2. The number of carbonyl (C=O) groups excluding carboxylic acids is 1. The van der Waals surface area contributed by atoms with Crippen molar-refractivity contribution >= 4 is 47.6 Å². The van der Waals surface area contributed by atoms with E-state index in [9.17, 15) is 4.79 Å². The molecule has 0 aliphatic rings. The predicted molar refractivity (Wildman–Crippen MR) is 108 cm³/mol. The number of halogens is 1. The summed E-state index contributed by atoms with van der Waals surface area (Å²) in [5, 5.41) is 9.30. The Kier molecular flexibility index (Phi) is 13.0. The molecule has 6 nitrogen and oxygen atoms in total. The van der Waals surface area contributed by atoms with Gasteiger partial charge in [0.15, 0.2) is 11.7 Å². The van der Waals surface area contributed by atoms with Crippen molar-refractivity contribution < 1.29 is 9.21 Å². The van der Waals surface area contributed by atoms with Crippen LogP contribution >= 0.6 is 35.7 Å². The van der Waals surface area contributed by atoms with E-state index in [2.05, 4.69) is 27.2 Å². The molecule has 3 N–H and O–H groups in total. The van der Waals surface area contributed by atoms with Crippen molar-refractivity contribution in [2.75, 3.05) is 38.2 Å². The fourth-order valence-electron chi connectivity index (χ4n) is 1.77. The van der Waals surface area contributed by atoms with Gasteiger partial charge in [-0.3, -0.25) is 9.79 Å². The first-order valence-corrected chi connectivity index (χ1v) is 8.91. The fraction of sp³-hybridized carbons (Fsp3) is 0.600. The summed E-state index contributed by atoms with van der Waals surface area (Å²) in [5.74, 6) is 2.08. The summed E-state index contributed by atoms with van der Waals surface area (Å²) in [6, 6.07) is 1.78. The Morgan fingerprint density at radius 2 is 2.09 bits per heavy atom. The number of nitrogens with one attached hydrogen (secondary N) is 3. The first-order valence-electron chi connectivity index (χ1n) is 7.52. The molecule has 8 heteroatoms. The average molecular weight is 454 g/mol. The number of guanidine groups is 1. The van der Waals surface area contributed by atoms with Crippen LogP contribution in [0, 0.1) is 6.92 Å². The molecule has 0 aliphatic heterocycles. The van der Waals surface area contributed by atoms with Crippen LogP contribution in [-0.4, -0.2) is 50.1 Å². The second-order valence-corrected chi connectivity index (χ2v) is 5.71. The lowest BCUT2D eigenvalue weighted by Gasteiger charge is -2.10. The molecule has 23 heavy (non-hydrogen) atoms. The number of amides is 1. The highest BCUT2D eigenvalue weighted by Gasteiger charge is 2.11. The van der Waals surface area contributed by atoms with Crippen LogP contribution in [0.3, 0.4) is 0 Å². The van der Waals surface area contributed by atoms with Crippen LogP contribution in [0.1, 0.15) is 29.5 Å². The number of rotatable bonds is 9. The van der Waals surface area contributed by atoms with Gasteiger partial charge in [0.25, 0.3) is 5.91 Å². The van der Waals surface area contributed by atoms with E-state index in [1.54, 1.807) is 17.8 Å². The maximum atomic E-state index is 11.8. The quantitative estimate of drug-likeness (QED) is 0.231. The zero-order valence-electron chi connectivity index (χ0n) is 14.0. The van der Waals surface area contributed by atoms with Gasteiger partial charge in [0.2, 0.25) is 0 Å². The minimum absolute atomic E-state index is 0. The molecule has 1 rings (SSSR count). The van der Waals surface area contributed by atoms with Crippen molar-refractivity contribution in [2.45, 2.75) is 20.3 Å². The third kappa shape index (κ3) is 9.09. The van der Waals surface area contributed by atoms with Gasteiger partial charge in [-0.15, -0.1) is 24.0 Å². The van der Waals surface area contributed by atoms with Crippen LogP contribution in [0.2, 0.25) is 0 Å². The molecule has 0 spiro atoms. The summed E-state index contributed by atoms with van der Waals surface area (Å²) in [4.78, 5) is 16.3. The normalized spacial score (nSPS) is 10.8. The number of hydrogen-bond acceptors (Lipinski definition) is 4. The minimum Gasteiger partial charge on any atom is -0.459 e. The van der Waals surface area contributed by atoms with Crippen LogP contribution < -0.4 is 16.0 Å². The van der Waals surface area contributed by atoms with Gasteiger partial charge < -0.3 is 20.4 Å². The predicted octanol–water partition coefficient (Wildman–Crippen LogP) is 2.24. The van der Waals surface area contributed by atoms with E-state index in [1.807, 2.05) is 13.8 Å². The van der Waals surface area contributed by atoms with Gasteiger partial charge >= 0.3 is 0 Å². The fourth-order valence-corrected chi connectivity index (χ4v) is 2.08. The van der Waals surface area contributed by atoms with E-state index >= 15 is 0 Å². The van der Waals surface area contributed by atoms with E-state index in [1.165, 1.54) is 6.26 Å². The minimum atomic E-state index is -0.170. The summed E-state index contributed by atoms with van der Waals surface area (Å²) < 4.78 is 5.15. The first-order chi connectivity index (χ1) is 10.7. The Hall–Kier alpha value is -0.900. The molecule has 0 atom stereocenters. The van der Waals surface area contributed by atoms with Gasteiger partial charge in [-0.2, -0.15) is 11.8 Å². The van der Waals surface area contributed by atoms with E-state index in [0.717, 1.165) is 36.8 Å². The Bertz CT molecular complexity index is 480. The van der Waals surface area contributed by atoms with Crippen LogP contribution in [-0.2, 0) is 0 Å². The monoisotopic (exact) mass is 454 g/mol. The number of furan rings is 1. The lowest BCUT2D eigenvalue weighted by Crippen LogP contribution is -2.38. The highest BCUT2D eigenvalue weighted by Crippen LogP contribution is 2.07. The van der Waals surface area contributed by atoms with Gasteiger partial charge in [0.05, 0.1) is 6.26 Å². The number of hydrogen-bond donors (Lipinski definition) is 3. The molecule has 0 aromatic carbocycles. The van der Waals surface area contributed by atoms with Crippen molar-refractivity contribution in [3.63, 3.8) is 0 Å². The number of aryl methyl sites for hydroxylation is 1. The smallest absolute Gasteiger partial charge is 0.287 e.